The van der Waals surface area contributed by atoms with Crippen molar-refractivity contribution in [3.05, 3.63) is 63.7 Å². The van der Waals surface area contributed by atoms with E-state index >= 15 is 0 Å². The van der Waals surface area contributed by atoms with Gasteiger partial charge in [-0.2, -0.15) is 0 Å². The number of nitro benzene ring substituents is 1. The van der Waals surface area contributed by atoms with Crippen LogP contribution >= 0.6 is 0 Å². The molecular weight excluding hydrogens is 306 g/mol. The van der Waals surface area contributed by atoms with E-state index in [1.54, 1.807) is 12.1 Å². The molecule has 1 heterocycles. The summed E-state index contributed by atoms with van der Waals surface area (Å²) in [6.07, 6.45) is 2.13. The summed E-state index contributed by atoms with van der Waals surface area (Å²) >= 11 is 0. The quantitative estimate of drug-likeness (QED) is 0.686. The number of aryl methyl sites for hydroxylation is 1. The van der Waals surface area contributed by atoms with Gasteiger partial charge in [-0.3, -0.25) is 14.9 Å². The van der Waals surface area contributed by atoms with Crippen molar-refractivity contribution in [2.24, 2.45) is 0 Å². The molecule has 1 saturated heterocycles. The number of carbonyl (C=O) groups is 1. The van der Waals surface area contributed by atoms with Gasteiger partial charge in [-0.05, 0) is 43.5 Å². The predicted molar refractivity (Wildman–Crippen MR) is 93.7 cm³/mol. The standard InChI is InChI=1S/C18H19N3O3/c1-13-5-4-6-14(11-13)19-18(22)16-12-15(21(23)24)7-8-17(16)20-9-2-3-10-20/h4-8,11-12H,2-3,9-10H2,1H3,(H,19,22). The zero-order valence-corrected chi connectivity index (χ0v) is 13.5. The van der Waals surface area contributed by atoms with Crippen LogP contribution in [-0.4, -0.2) is 23.9 Å². The van der Waals surface area contributed by atoms with Gasteiger partial charge >= 0.3 is 0 Å². The van der Waals surface area contributed by atoms with Crippen molar-refractivity contribution in [1.29, 1.82) is 0 Å². The number of benzene rings is 2. The van der Waals surface area contributed by atoms with E-state index in [0.717, 1.165) is 37.2 Å². The lowest BCUT2D eigenvalue weighted by atomic mass is 10.1. The van der Waals surface area contributed by atoms with Crippen molar-refractivity contribution >= 4 is 23.0 Å². The predicted octanol–water partition coefficient (Wildman–Crippen LogP) is 3.76. The van der Waals surface area contributed by atoms with Gasteiger partial charge < -0.3 is 10.2 Å². The average molecular weight is 325 g/mol. The Hall–Kier alpha value is -2.89. The maximum atomic E-state index is 12.7. The molecule has 1 aliphatic rings. The largest absolute Gasteiger partial charge is 0.371 e. The van der Waals surface area contributed by atoms with Crippen LogP contribution in [0.3, 0.4) is 0 Å². The molecule has 0 unspecified atom stereocenters. The maximum Gasteiger partial charge on any atom is 0.270 e. The van der Waals surface area contributed by atoms with Gasteiger partial charge in [0.1, 0.15) is 0 Å². The Morgan fingerprint density at radius 3 is 2.58 bits per heavy atom. The summed E-state index contributed by atoms with van der Waals surface area (Å²) in [5.41, 5.74) is 2.73. The molecule has 6 heteroatoms. The van der Waals surface area contributed by atoms with Crippen LogP contribution in [0.25, 0.3) is 0 Å². The average Bonchev–Trinajstić information content (AvgIpc) is 3.08. The van der Waals surface area contributed by atoms with Gasteiger partial charge in [0.2, 0.25) is 0 Å². The second kappa shape index (κ2) is 6.70. The van der Waals surface area contributed by atoms with Gasteiger partial charge in [0.05, 0.1) is 16.2 Å². The van der Waals surface area contributed by atoms with Crippen LogP contribution in [0.15, 0.2) is 42.5 Å². The number of nitrogens with zero attached hydrogens (tertiary/aromatic N) is 2. The van der Waals surface area contributed by atoms with Gasteiger partial charge in [-0.15, -0.1) is 0 Å². The summed E-state index contributed by atoms with van der Waals surface area (Å²) in [6.45, 7) is 3.67. The summed E-state index contributed by atoms with van der Waals surface area (Å²) in [6, 6.07) is 12.0. The lowest BCUT2D eigenvalue weighted by molar-refractivity contribution is -0.384. The summed E-state index contributed by atoms with van der Waals surface area (Å²) in [7, 11) is 0. The minimum atomic E-state index is -0.475. The van der Waals surface area contributed by atoms with Gasteiger partial charge in [-0.1, -0.05) is 12.1 Å². The highest BCUT2D eigenvalue weighted by Gasteiger charge is 2.22. The molecule has 2 aromatic rings. The molecule has 3 rings (SSSR count). The Kier molecular flexibility index (Phi) is 4.46. The molecule has 0 radical (unpaired) electrons. The molecule has 2 aromatic carbocycles. The molecule has 6 nitrogen and oxygen atoms in total. The zero-order chi connectivity index (χ0) is 17.1. The van der Waals surface area contributed by atoms with Crippen molar-refractivity contribution in [2.75, 3.05) is 23.3 Å². The Morgan fingerprint density at radius 2 is 1.92 bits per heavy atom. The molecule has 0 aliphatic carbocycles. The molecule has 0 saturated carbocycles. The SMILES string of the molecule is Cc1cccc(NC(=O)c2cc([N+](=O)[O-])ccc2N2CCCC2)c1. The first kappa shape index (κ1) is 16.0. The third kappa shape index (κ3) is 3.37. The van der Waals surface area contributed by atoms with E-state index in [0.29, 0.717) is 11.3 Å². The smallest absolute Gasteiger partial charge is 0.270 e. The fourth-order valence-electron chi connectivity index (χ4n) is 2.97. The van der Waals surface area contributed by atoms with Gasteiger partial charge in [-0.25, -0.2) is 0 Å². The van der Waals surface area contributed by atoms with E-state index in [1.807, 2.05) is 25.1 Å². The number of hydrogen-bond donors (Lipinski definition) is 1. The number of nitro groups is 1. The molecular formula is C18H19N3O3. The van der Waals surface area contributed by atoms with Gasteiger partial charge in [0, 0.05) is 30.9 Å². The third-order valence-electron chi connectivity index (χ3n) is 4.16. The Bertz CT molecular complexity index is 783. The fourth-order valence-corrected chi connectivity index (χ4v) is 2.97. The van der Waals surface area contributed by atoms with Crippen LogP contribution in [0, 0.1) is 17.0 Å². The van der Waals surface area contributed by atoms with Gasteiger partial charge in [0.15, 0.2) is 0 Å². The second-order valence-corrected chi connectivity index (χ2v) is 5.98. The first-order valence-corrected chi connectivity index (χ1v) is 7.96. The van der Waals surface area contributed by atoms with Crippen molar-refractivity contribution in [2.45, 2.75) is 19.8 Å². The summed E-state index contributed by atoms with van der Waals surface area (Å²) in [4.78, 5) is 25.4. The molecule has 1 N–H and O–H groups in total. The molecule has 1 aliphatic heterocycles. The summed E-state index contributed by atoms with van der Waals surface area (Å²) < 4.78 is 0. The highest BCUT2D eigenvalue weighted by molar-refractivity contribution is 6.08. The Balaban J connectivity index is 1.95. The van der Waals surface area contributed by atoms with Crippen LogP contribution in [-0.2, 0) is 0 Å². The fraction of sp³-hybridized carbons (Fsp3) is 0.278. The molecule has 24 heavy (non-hydrogen) atoms. The highest BCUT2D eigenvalue weighted by Crippen LogP contribution is 2.29. The van der Waals surface area contributed by atoms with Crippen molar-refractivity contribution in [3.8, 4) is 0 Å². The van der Waals surface area contributed by atoms with E-state index < -0.39 is 4.92 Å². The van der Waals surface area contributed by atoms with E-state index in [-0.39, 0.29) is 11.6 Å². The number of carbonyl (C=O) groups excluding carboxylic acids is 1. The van der Waals surface area contributed by atoms with Crippen molar-refractivity contribution < 1.29 is 9.72 Å². The van der Waals surface area contributed by atoms with E-state index in [4.69, 9.17) is 0 Å². The third-order valence-corrected chi connectivity index (χ3v) is 4.16. The number of amides is 1. The van der Waals surface area contributed by atoms with E-state index in [2.05, 4.69) is 10.2 Å². The first-order valence-electron chi connectivity index (χ1n) is 7.96. The van der Waals surface area contributed by atoms with Crippen molar-refractivity contribution in [1.82, 2.24) is 0 Å². The number of hydrogen-bond acceptors (Lipinski definition) is 4. The lowest BCUT2D eigenvalue weighted by Gasteiger charge is -2.21. The number of non-ortho nitro benzene ring substituents is 1. The number of rotatable bonds is 4. The number of anilines is 2. The topological polar surface area (TPSA) is 75.5 Å². The summed E-state index contributed by atoms with van der Waals surface area (Å²) in [5.74, 6) is -0.328. The summed E-state index contributed by atoms with van der Waals surface area (Å²) in [5, 5.41) is 13.9. The van der Waals surface area contributed by atoms with Crippen LogP contribution in [0.5, 0.6) is 0 Å². The molecule has 0 spiro atoms. The second-order valence-electron chi connectivity index (χ2n) is 5.98. The molecule has 0 atom stereocenters. The van der Waals surface area contributed by atoms with Crippen LogP contribution in [0.1, 0.15) is 28.8 Å². The van der Waals surface area contributed by atoms with Crippen LogP contribution in [0.4, 0.5) is 17.1 Å². The molecule has 124 valence electrons. The van der Waals surface area contributed by atoms with Crippen molar-refractivity contribution in [3.63, 3.8) is 0 Å². The van der Waals surface area contributed by atoms with E-state index in [1.165, 1.54) is 12.1 Å². The van der Waals surface area contributed by atoms with Gasteiger partial charge in [0.25, 0.3) is 11.6 Å². The minimum absolute atomic E-state index is 0.0765. The molecule has 0 bridgehead atoms. The number of nitrogens with one attached hydrogen (secondary N) is 1. The molecule has 1 amide bonds. The van der Waals surface area contributed by atoms with Crippen LogP contribution < -0.4 is 10.2 Å². The highest BCUT2D eigenvalue weighted by atomic mass is 16.6. The first-order chi connectivity index (χ1) is 11.5. The molecule has 0 aromatic heterocycles. The zero-order valence-electron chi connectivity index (χ0n) is 13.5. The minimum Gasteiger partial charge on any atom is -0.371 e. The Morgan fingerprint density at radius 1 is 1.17 bits per heavy atom. The molecule has 1 fully saturated rings. The van der Waals surface area contributed by atoms with Crippen LogP contribution in [0.2, 0.25) is 0 Å². The maximum absolute atomic E-state index is 12.7. The normalized spacial score (nSPS) is 13.8. The monoisotopic (exact) mass is 325 g/mol. The lowest BCUT2D eigenvalue weighted by Crippen LogP contribution is -2.23. The van der Waals surface area contributed by atoms with E-state index in [9.17, 15) is 14.9 Å². The Labute approximate surface area is 140 Å².